The first-order chi connectivity index (χ1) is 11.2. The van der Waals surface area contributed by atoms with Crippen molar-refractivity contribution in [2.45, 2.75) is 50.7 Å². The molecule has 0 radical (unpaired) electrons. The zero-order chi connectivity index (χ0) is 16.2. The molecule has 2 aliphatic rings. The minimum Gasteiger partial charge on any atom is -0.348 e. The van der Waals surface area contributed by atoms with E-state index in [4.69, 9.17) is 0 Å². The Bertz CT molecular complexity index is 555. The van der Waals surface area contributed by atoms with Crippen molar-refractivity contribution in [3.63, 3.8) is 0 Å². The summed E-state index contributed by atoms with van der Waals surface area (Å²) in [6, 6.07) is 9.43. The lowest BCUT2D eigenvalue weighted by Gasteiger charge is -2.28. The van der Waals surface area contributed by atoms with E-state index < -0.39 is 0 Å². The number of rotatable bonds is 4. The SMILES string of the molecule is CC(NC(=O)C1CCCN1C(=O)C1CCCN1)c1ccccc1. The van der Waals surface area contributed by atoms with Crippen LogP contribution in [0.15, 0.2) is 30.3 Å². The van der Waals surface area contributed by atoms with E-state index in [2.05, 4.69) is 10.6 Å². The van der Waals surface area contributed by atoms with E-state index in [-0.39, 0.29) is 29.9 Å². The van der Waals surface area contributed by atoms with Crippen LogP contribution in [0.3, 0.4) is 0 Å². The summed E-state index contributed by atoms with van der Waals surface area (Å²) in [4.78, 5) is 27.0. The Morgan fingerprint density at radius 3 is 2.70 bits per heavy atom. The Balaban J connectivity index is 1.62. The first-order valence-electron chi connectivity index (χ1n) is 8.56. The third-order valence-corrected chi connectivity index (χ3v) is 4.86. The van der Waals surface area contributed by atoms with Crippen molar-refractivity contribution < 1.29 is 9.59 Å². The molecular weight excluding hydrogens is 290 g/mol. The predicted octanol–water partition coefficient (Wildman–Crippen LogP) is 1.61. The summed E-state index contributed by atoms with van der Waals surface area (Å²) in [6.07, 6.45) is 3.57. The molecule has 3 atom stereocenters. The molecule has 1 aromatic rings. The molecule has 0 aliphatic carbocycles. The van der Waals surface area contributed by atoms with Crippen LogP contribution in [0, 0.1) is 0 Å². The van der Waals surface area contributed by atoms with Gasteiger partial charge in [0.1, 0.15) is 6.04 Å². The first-order valence-corrected chi connectivity index (χ1v) is 8.56. The van der Waals surface area contributed by atoms with Crippen LogP contribution in [0.1, 0.15) is 44.2 Å². The number of hydrogen-bond donors (Lipinski definition) is 2. The fourth-order valence-electron chi connectivity index (χ4n) is 3.53. The van der Waals surface area contributed by atoms with Crippen LogP contribution in [0.4, 0.5) is 0 Å². The summed E-state index contributed by atoms with van der Waals surface area (Å²) in [5.74, 6) is 0.0534. The van der Waals surface area contributed by atoms with Gasteiger partial charge in [0.15, 0.2) is 0 Å². The normalized spacial score (nSPS) is 25.3. The maximum absolute atomic E-state index is 12.6. The van der Waals surface area contributed by atoms with Crippen molar-refractivity contribution in [1.82, 2.24) is 15.5 Å². The molecule has 0 saturated carbocycles. The molecular formula is C18H25N3O2. The number of amides is 2. The molecule has 5 nitrogen and oxygen atoms in total. The van der Waals surface area contributed by atoms with Gasteiger partial charge in [0.05, 0.1) is 12.1 Å². The van der Waals surface area contributed by atoms with Gasteiger partial charge in [-0.2, -0.15) is 0 Å². The van der Waals surface area contributed by atoms with Crippen LogP contribution in [0.5, 0.6) is 0 Å². The highest BCUT2D eigenvalue weighted by Crippen LogP contribution is 2.22. The van der Waals surface area contributed by atoms with Crippen LogP contribution in [-0.4, -0.2) is 41.9 Å². The van der Waals surface area contributed by atoms with Gasteiger partial charge in [0.2, 0.25) is 11.8 Å². The molecule has 2 fully saturated rings. The highest BCUT2D eigenvalue weighted by atomic mass is 16.2. The van der Waals surface area contributed by atoms with Crippen molar-refractivity contribution in [2.24, 2.45) is 0 Å². The number of nitrogens with zero attached hydrogens (tertiary/aromatic N) is 1. The van der Waals surface area contributed by atoms with Crippen molar-refractivity contribution in [3.05, 3.63) is 35.9 Å². The van der Waals surface area contributed by atoms with Gasteiger partial charge in [-0.25, -0.2) is 0 Å². The van der Waals surface area contributed by atoms with Gasteiger partial charge >= 0.3 is 0 Å². The molecule has 0 spiro atoms. The minimum absolute atomic E-state index is 0.0369. The Labute approximate surface area is 137 Å². The van der Waals surface area contributed by atoms with E-state index in [0.717, 1.165) is 37.8 Å². The van der Waals surface area contributed by atoms with Crippen molar-refractivity contribution >= 4 is 11.8 Å². The topological polar surface area (TPSA) is 61.4 Å². The van der Waals surface area contributed by atoms with E-state index in [1.165, 1.54) is 0 Å². The number of benzene rings is 1. The second-order valence-corrected chi connectivity index (χ2v) is 6.48. The van der Waals surface area contributed by atoms with Gasteiger partial charge < -0.3 is 15.5 Å². The summed E-state index contributed by atoms with van der Waals surface area (Å²) < 4.78 is 0. The number of carbonyl (C=O) groups excluding carboxylic acids is 2. The van der Waals surface area contributed by atoms with E-state index in [1.54, 1.807) is 4.90 Å². The maximum atomic E-state index is 12.6. The fraction of sp³-hybridized carbons (Fsp3) is 0.556. The summed E-state index contributed by atoms with van der Waals surface area (Å²) in [5.41, 5.74) is 1.08. The minimum atomic E-state index is -0.323. The summed E-state index contributed by atoms with van der Waals surface area (Å²) in [7, 11) is 0. The van der Waals surface area contributed by atoms with E-state index >= 15 is 0 Å². The van der Waals surface area contributed by atoms with Crippen LogP contribution < -0.4 is 10.6 Å². The van der Waals surface area contributed by atoms with Crippen LogP contribution in [0.2, 0.25) is 0 Å². The largest absolute Gasteiger partial charge is 0.348 e. The Kier molecular flexibility index (Phi) is 4.96. The van der Waals surface area contributed by atoms with Gasteiger partial charge in [-0.05, 0) is 44.7 Å². The molecule has 5 heteroatoms. The fourth-order valence-corrected chi connectivity index (χ4v) is 3.53. The molecule has 2 saturated heterocycles. The third-order valence-electron chi connectivity index (χ3n) is 4.86. The molecule has 1 aromatic carbocycles. The Morgan fingerprint density at radius 1 is 1.22 bits per heavy atom. The average molecular weight is 315 g/mol. The van der Waals surface area contributed by atoms with Crippen molar-refractivity contribution in [3.8, 4) is 0 Å². The smallest absolute Gasteiger partial charge is 0.243 e. The first kappa shape index (κ1) is 16.0. The molecule has 124 valence electrons. The lowest BCUT2D eigenvalue weighted by Crippen LogP contribution is -2.51. The summed E-state index contributed by atoms with van der Waals surface area (Å²) in [5, 5.41) is 6.30. The van der Waals surface area contributed by atoms with Gasteiger partial charge in [-0.3, -0.25) is 9.59 Å². The molecule has 2 heterocycles. The lowest BCUT2D eigenvalue weighted by molar-refractivity contribution is -0.140. The van der Waals surface area contributed by atoms with Crippen LogP contribution >= 0.6 is 0 Å². The Hall–Kier alpha value is -1.88. The van der Waals surface area contributed by atoms with Gasteiger partial charge in [-0.15, -0.1) is 0 Å². The summed E-state index contributed by atoms with van der Waals surface area (Å²) in [6.45, 7) is 3.56. The Morgan fingerprint density at radius 2 is 2.00 bits per heavy atom. The zero-order valence-corrected chi connectivity index (χ0v) is 13.6. The van der Waals surface area contributed by atoms with Gasteiger partial charge in [-0.1, -0.05) is 30.3 Å². The quantitative estimate of drug-likeness (QED) is 0.887. The third kappa shape index (κ3) is 3.55. The number of likely N-dealkylation sites (tertiary alicyclic amines) is 1. The van der Waals surface area contributed by atoms with Gasteiger partial charge in [0.25, 0.3) is 0 Å². The van der Waals surface area contributed by atoms with E-state index in [0.29, 0.717) is 6.54 Å². The predicted molar refractivity (Wildman–Crippen MR) is 88.8 cm³/mol. The highest BCUT2D eigenvalue weighted by Gasteiger charge is 2.38. The molecule has 2 amide bonds. The molecule has 0 aromatic heterocycles. The number of hydrogen-bond acceptors (Lipinski definition) is 3. The maximum Gasteiger partial charge on any atom is 0.243 e. The highest BCUT2D eigenvalue weighted by molar-refractivity contribution is 5.90. The van der Waals surface area contributed by atoms with E-state index in [9.17, 15) is 9.59 Å². The molecule has 23 heavy (non-hydrogen) atoms. The molecule has 3 unspecified atom stereocenters. The molecule has 0 bridgehead atoms. The number of nitrogens with one attached hydrogen (secondary N) is 2. The molecule has 2 N–H and O–H groups in total. The average Bonchev–Trinajstić information content (AvgIpc) is 3.26. The second kappa shape index (κ2) is 7.13. The molecule has 2 aliphatic heterocycles. The van der Waals surface area contributed by atoms with Crippen LogP contribution in [0.25, 0.3) is 0 Å². The van der Waals surface area contributed by atoms with Crippen molar-refractivity contribution in [1.29, 1.82) is 0 Å². The van der Waals surface area contributed by atoms with Crippen LogP contribution in [-0.2, 0) is 9.59 Å². The number of carbonyl (C=O) groups is 2. The molecule has 3 rings (SSSR count). The van der Waals surface area contributed by atoms with Crippen molar-refractivity contribution in [2.75, 3.05) is 13.1 Å². The van der Waals surface area contributed by atoms with Gasteiger partial charge in [0, 0.05) is 6.54 Å². The monoisotopic (exact) mass is 315 g/mol. The lowest BCUT2D eigenvalue weighted by atomic mass is 10.1. The van der Waals surface area contributed by atoms with E-state index in [1.807, 2.05) is 37.3 Å². The summed E-state index contributed by atoms with van der Waals surface area (Å²) >= 11 is 0. The standard InChI is InChI=1S/C18H25N3O2/c1-13(14-7-3-2-4-8-14)20-17(22)16-10-6-12-21(16)18(23)15-9-5-11-19-15/h2-4,7-8,13,15-16,19H,5-6,9-12H2,1H3,(H,20,22). The second-order valence-electron chi connectivity index (χ2n) is 6.48. The zero-order valence-electron chi connectivity index (χ0n) is 13.6.